The molecular formula is C35H34N6. The van der Waals surface area contributed by atoms with Crippen molar-refractivity contribution in [2.75, 3.05) is 13.6 Å². The number of hydrogen-bond acceptors (Lipinski definition) is 5. The van der Waals surface area contributed by atoms with Gasteiger partial charge in [0, 0.05) is 34.8 Å². The van der Waals surface area contributed by atoms with Gasteiger partial charge in [-0.1, -0.05) is 84.9 Å². The summed E-state index contributed by atoms with van der Waals surface area (Å²) in [6.45, 7) is 1.66. The quantitative estimate of drug-likeness (QED) is 0.236. The normalized spacial score (nSPS) is 14.5. The second-order valence-corrected chi connectivity index (χ2v) is 11.4. The summed E-state index contributed by atoms with van der Waals surface area (Å²) >= 11 is 0. The molecule has 6 nitrogen and oxygen atoms in total. The van der Waals surface area contributed by atoms with E-state index in [-0.39, 0.29) is 5.54 Å². The zero-order valence-electron chi connectivity index (χ0n) is 23.4. The van der Waals surface area contributed by atoms with Crippen LogP contribution in [0.2, 0.25) is 0 Å². The summed E-state index contributed by atoms with van der Waals surface area (Å²) in [7, 11) is 2.13. The Hall–Kier alpha value is -4.39. The summed E-state index contributed by atoms with van der Waals surface area (Å²) in [5, 5.41) is 10.2. The Morgan fingerprint density at radius 2 is 1.59 bits per heavy atom. The van der Waals surface area contributed by atoms with Crippen LogP contribution in [0.5, 0.6) is 0 Å². The zero-order chi connectivity index (χ0) is 27.8. The average molecular weight is 539 g/mol. The number of likely N-dealkylation sites (N-methyl/N-ethyl adjacent to an activating group) is 1. The molecule has 6 heteroatoms. The SMILES string of the molecule is CN(CCc1ccccc1)Cc1nnc2c3cc(-c4ccccc4)c(-c4ccc(C5(N)CCC5)cc4)nc3ccn12. The van der Waals surface area contributed by atoms with Crippen molar-refractivity contribution in [1.29, 1.82) is 0 Å². The molecule has 0 atom stereocenters. The molecule has 41 heavy (non-hydrogen) atoms. The highest BCUT2D eigenvalue weighted by atomic mass is 15.3. The number of hydrogen-bond donors (Lipinski definition) is 1. The van der Waals surface area contributed by atoms with E-state index in [4.69, 9.17) is 10.7 Å². The van der Waals surface area contributed by atoms with Crippen molar-refractivity contribution in [3.63, 3.8) is 0 Å². The third-order valence-electron chi connectivity index (χ3n) is 8.54. The Morgan fingerprint density at radius 3 is 2.29 bits per heavy atom. The minimum atomic E-state index is -0.176. The molecule has 0 aliphatic heterocycles. The molecule has 0 unspecified atom stereocenters. The molecule has 7 rings (SSSR count). The highest BCUT2D eigenvalue weighted by Crippen LogP contribution is 2.40. The second-order valence-electron chi connectivity index (χ2n) is 11.4. The van der Waals surface area contributed by atoms with Gasteiger partial charge < -0.3 is 5.73 Å². The van der Waals surface area contributed by atoms with E-state index in [9.17, 15) is 0 Å². The first-order valence-corrected chi connectivity index (χ1v) is 14.4. The lowest BCUT2D eigenvalue weighted by Crippen LogP contribution is -2.43. The molecule has 0 radical (unpaired) electrons. The van der Waals surface area contributed by atoms with Crippen LogP contribution in [0.15, 0.2) is 103 Å². The maximum atomic E-state index is 6.60. The van der Waals surface area contributed by atoms with Crippen molar-refractivity contribution in [3.05, 3.63) is 120 Å². The number of aromatic nitrogens is 4. The third kappa shape index (κ3) is 4.90. The molecule has 0 saturated heterocycles. The predicted molar refractivity (Wildman–Crippen MR) is 165 cm³/mol. The van der Waals surface area contributed by atoms with Crippen LogP contribution in [0.1, 0.15) is 36.2 Å². The smallest absolute Gasteiger partial charge is 0.170 e. The summed E-state index contributed by atoms with van der Waals surface area (Å²) in [6.07, 6.45) is 6.35. The monoisotopic (exact) mass is 538 g/mol. The van der Waals surface area contributed by atoms with E-state index < -0.39 is 0 Å². The standard InChI is InChI=1S/C35H34N6/c1-40(21-17-25-9-4-2-5-10-25)24-32-38-39-34-30-23-29(26-11-6-3-7-12-26)33(37-31(30)18-22-41(32)34)27-13-15-28(16-14-27)35(36)19-8-20-35/h2-7,9-16,18,22-23H,8,17,19-21,24,36H2,1H3. The summed E-state index contributed by atoms with van der Waals surface area (Å²) < 4.78 is 2.10. The van der Waals surface area contributed by atoms with Gasteiger partial charge in [-0.2, -0.15) is 0 Å². The lowest BCUT2D eigenvalue weighted by Gasteiger charge is -2.38. The Morgan fingerprint density at radius 1 is 0.854 bits per heavy atom. The molecule has 0 bridgehead atoms. The predicted octanol–water partition coefficient (Wildman–Crippen LogP) is 6.62. The summed E-state index contributed by atoms with van der Waals surface area (Å²) in [4.78, 5) is 7.50. The minimum Gasteiger partial charge on any atom is -0.321 e. The highest BCUT2D eigenvalue weighted by Gasteiger charge is 2.34. The van der Waals surface area contributed by atoms with Crippen LogP contribution >= 0.6 is 0 Å². The molecule has 1 saturated carbocycles. The Bertz CT molecular complexity index is 1810. The van der Waals surface area contributed by atoms with Gasteiger partial charge in [-0.3, -0.25) is 9.30 Å². The van der Waals surface area contributed by atoms with E-state index in [0.29, 0.717) is 6.54 Å². The van der Waals surface area contributed by atoms with Crippen LogP contribution in [0.3, 0.4) is 0 Å². The molecule has 1 aliphatic carbocycles. The maximum Gasteiger partial charge on any atom is 0.170 e. The molecular weight excluding hydrogens is 504 g/mol. The van der Waals surface area contributed by atoms with E-state index in [0.717, 1.165) is 70.6 Å². The first kappa shape index (κ1) is 25.6. The maximum absolute atomic E-state index is 6.60. The van der Waals surface area contributed by atoms with Crippen LogP contribution in [-0.4, -0.2) is 38.1 Å². The van der Waals surface area contributed by atoms with Crippen LogP contribution in [0.4, 0.5) is 0 Å². The molecule has 3 aromatic heterocycles. The first-order chi connectivity index (χ1) is 20.1. The van der Waals surface area contributed by atoms with E-state index in [1.807, 2.05) is 6.07 Å². The molecule has 1 aliphatic rings. The van der Waals surface area contributed by atoms with Gasteiger partial charge in [0.15, 0.2) is 11.5 Å². The third-order valence-corrected chi connectivity index (χ3v) is 8.54. The molecule has 0 spiro atoms. The van der Waals surface area contributed by atoms with Crippen molar-refractivity contribution >= 4 is 16.6 Å². The Kier molecular flexibility index (Phi) is 6.57. The van der Waals surface area contributed by atoms with Gasteiger partial charge in [-0.25, -0.2) is 4.98 Å². The summed E-state index contributed by atoms with van der Waals surface area (Å²) in [5.41, 5.74) is 15.0. The van der Waals surface area contributed by atoms with E-state index in [1.54, 1.807) is 0 Å². The fraction of sp³-hybridized carbons (Fsp3) is 0.229. The van der Waals surface area contributed by atoms with Crippen LogP contribution < -0.4 is 5.73 Å². The number of fused-ring (bicyclic) bond motifs is 3. The van der Waals surface area contributed by atoms with Crippen LogP contribution in [0.25, 0.3) is 38.9 Å². The molecule has 3 heterocycles. The van der Waals surface area contributed by atoms with Gasteiger partial charge in [0.2, 0.25) is 0 Å². The van der Waals surface area contributed by atoms with Crippen molar-refractivity contribution in [2.24, 2.45) is 5.73 Å². The van der Waals surface area contributed by atoms with Crippen molar-refractivity contribution in [1.82, 2.24) is 24.5 Å². The zero-order valence-corrected chi connectivity index (χ0v) is 23.4. The number of benzene rings is 3. The van der Waals surface area contributed by atoms with Gasteiger partial charge in [0.05, 0.1) is 17.8 Å². The van der Waals surface area contributed by atoms with Crippen molar-refractivity contribution in [2.45, 2.75) is 37.8 Å². The largest absolute Gasteiger partial charge is 0.321 e. The fourth-order valence-corrected chi connectivity index (χ4v) is 5.90. The van der Waals surface area contributed by atoms with Gasteiger partial charge >= 0.3 is 0 Å². The molecule has 0 amide bonds. The first-order valence-electron chi connectivity index (χ1n) is 14.4. The van der Waals surface area contributed by atoms with E-state index in [2.05, 4.69) is 124 Å². The van der Waals surface area contributed by atoms with Gasteiger partial charge in [0.1, 0.15) is 0 Å². The number of nitrogens with zero attached hydrogens (tertiary/aromatic N) is 5. The van der Waals surface area contributed by atoms with Crippen molar-refractivity contribution in [3.8, 4) is 22.4 Å². The van der Waals surface area contributed by atoms with E-state index >= 15 is 0 Å². The molecule has 6 aromatic rings. The Balaban J connectivity index is 1.25. The summed E-state index contributed by atoms with van der Waals surface area (Å²) in [6, 6.07) is 34.1. The summed E-state index contributed by atoms with van der Waals surface area (Å²) in [5.74, 6) is 0.921. The van der Waals surface area contributed by atoms with Crippen LogP contribution in [-0.2, 0) is 18.5 Å². The average Bonchev–Trinajstić information content (AvgIpc) is 3.42. The van der Waals surface area contributed by atoms with Gasteiger partial charge in [-0.05, 0) is 61.6 Å². The van der Waals surface area contributed by atoms with E-state index in [1.165, 1.54) is 17.5 Å². The Labute approximate surface area is 240 Å². The van der Waals surface area contributed by atoms with Gasteiger partial charge in [-0.15, -0.1) is 10.2 Å². The number of nitrogens with two attached hydrogens (primary N) is 1. The number of rotatable bonds is 8. The topological polar surface area (TPSA) is 72.3 Å². The fourth-order valence-electron chi connectivity index (χ4n) is 5.90. The lowest BCUT2D eigenvalue weighted by molar-refractivity contribution is 0.253. The minimum absolute atomic E-state index is 0.176. The lowest BCUT2D eigenvalue weighted by atomic mass is 9.72. The molecule has 2 N–H and O–H groups in total. The molecule has 3 aromatic carbocycles. The second kappa shape index (κ2) is 10.5. The molecule has 204 valence electrons. The highest BCUT2D eigenvalue weighted by molar-refractivity contribution is 5.98. The van der Waals surface area contributed by atoms with Gasteiger partial charge in [0.25, 0.3) is 0 Å². The number of pyridine rings is 2. The van der Waals surface area contributed by atoms with Crippen molar-refractivity contribution < 1.29 is 0 Å². The van der Waals surface area contributed by atoms with Crippen LogP contribution in [0, 0.1) is 0 Å². The molecule has 1 fully saturated rings.